The molecule has 6 nitrogen and oxygen atoms in total. The van der Waals surface area contributed by atoms with Gasteiger partial charge in [-0.3, -0.25) is 14.9 Å². The number of halogens is 2. The van der Waals surface area contributed by atoms with Gasteiger partial charge in [0.05, 0.1) is 11.5 Å². The number of nitro benzene ring substituents is 1. The normalized spacial score (nSPS) is 10.2. The maximum atomic E-state index is 13.3. The number of hydrogen-bond acceptors (Lipinski definition) is 4. The zero-order valence-corrected chi connectivity index (χ0v) is 13.3. The summed E-state index contributed by atoms with van der Waals surface area (Å²) in [5.74, 6) is -0.903. The number of carbonyl (C=O) groups is 1. The van der Waals surface area contributed by atoms with E-state index in [0.717, 1.165) is 6.07 Å². The lowest BCUT2D eigenvalue weighted by Crippen LogP contribution is -2.26. The number of amides is 1. The van der Waals surface area contributed by atoms with Gasteiger partial charge in [0.15, 0.2) is 11.6 Å². The summed E-state index contributed by atoms with van der Waals surface area (Å²) in [7, 11) is 0. The van der Waals surface area contributed by atoms with Crippen molar-refractivity contribution in [3.63, 3.8) is 0 Å². The van der Waals surface area contributed by atoms with Crippen LogP contribution in [0.1, 0.15) is 16.8 Å². The largest absolute Gasteiger partial charge is 0.490 e. The molecule has 0 atom stereocenters. The molecule has 1 amide bonds. The van der Waals surface area contributed by atoms with Crippen molar-refractivity contribution in [2.75, 3.05) is 13.2 Å². The first kappa shape index (κ1) is 17.7. The Morgan fingerprint density at radius 1 is 1.29 bits per heavy atom. The lowest BCUT2D eigenvalue weighted by Gasteiger charge is -2.08. The van der Waals surface area contributed by atoms with Gasteiger partial charge in [0.1, 0.15) is 5.56 Å². The van der Waals surface area contributed by atoms with E-state index >= 15 is 0 Å². The van der Waals surface area contributed by atoms with Crippen LogP contribution in [0.5, 0.6) is 5.75 Å². The fourth-order valence-corrected chi connectivity index (χ4v) is 2.13. The molecule has 0 unspecified atom stereocenters. The van der Waals surface area contributed by atoms with Gasteiger partial charge in [-0.1, -0.05) is 23.7 Å². The molecule has 8 heteroatoms. The number of carbonyl (C=O) groups excluding carboxylic acids is 1. The zero-order chi connectivity index (χ0) is 17.5. The van der Waals surface area contributed by atoms with Crippen molar-refractivity contribution in [3.8, 4) is 5.75 Å². The predicted molar refractivity (Wildman–Crippen MR) is 87.0 cm³/mol. The molecule has 0 aliphatic rings. The minimum Gasteiger partial charge on any atom is -0.490 e. The number of hydrogen-bond donors (Lipinski definition) is 1. The fraction of sp³-hybridized carbons (Fsp3) is 0.188. The second-order valence-corrected chi connectivity index (χ2v) is 5.24. The highest BCUT2D eigenvalue weighted by atomic mass is 35.5. The summed E-state index contributed by atoms with van der Waals surface area (Å²) in [5, 5.41) is 13.7. The van der Waals surface area contributed by atoms with Crippen LogP contribution in [-0.4, -0.2) is 24.0 Å². The second-order valence-electron chi connectivity index (χ2n) is 4.81. The third-order valence-electron chi connectivity index (χ3n) is 3.10. The molecular formula is C16H14ClFN2O4. The maximum absolute atomic E-state index is 13.3. The monoisotopic (exact) mass is 352 g/mol. The summed E-state index contributed by atoms with van der Waals surface area (Å²) in [4.78, 5) is 22.3. The van der Waals surface area contributed by atoms with Crippen molar-refractivity contribution in [1.82, 2.24) is 5.32 Å². The van der Waals surface area contributed by atoms with Crippen molar-refractivity contribution in [3.05, 3.63) is 69.0 Å². The van der Waals surface area contributed by atoms with Gasteiger partial charge in [-0.2, -0.15) is 0 Å². The van der Waals surface area contributed by atoms with Gasteiger partial charge in [-0.25, -0.2) is 4.39 Å². The van der Waals surface area contributed by atoms with Crippen molar-refractivity contribution >= 4 is 23.2 Å². The third-order valence-corrected chi connectivity index (χ3v) is 3.34. The molecule has 126 valence electrons. The second kappa shape index (κ2) is 8.26. The van der Waals surface area contributed by atoms with E-state index in [9.17, 15) is 19.3 Å². The third kappa shape index (κ3) is 4.66. The average Bonchev–Trinajstić information content (AvgIpc) is 2.55. The number of nitro groups is 1. The highest BCUT2D eigenvalue weighted by Crippen LogP contribution is 2.23. The summed E-state index contributed by atoms with van der Waals surface area (Å²) >= 11 is 5.70. The summed E-state index contributed by atoms with van der Waals surface area (Å²) < 4.78 is 18.6. The van der Waals surface area contributed by atoms with Crippen molar-refractivity contribution < 1.29 is 18.8 Å². The van der Waals surface area contributed by atoms with E-state index in [1.54, 1.807) is 12.1 Å². The van der Waals surface area contributed by atoms with E-state index in [1.807, 2.05) is 0 Å². The van der Waals surface area contributed by atoms with Crippen LogP contribution in [0, 0.1) is 15.9 Å². The van der Waals surface area contributed by atoms with Gasteiger partial charge in [0.25, 0.3) is 11.6 Å². The molecule has 0 aliphatic heterocycles. The van der Waals surface area contributed by atoms with Crippen LogP contribution in [0.4, 0.5) is 10.1 Å². The van der Waals surface area contributed by atoms with Gasteiger partial charge >= 0.3 is 0 Å². The number of rotatable bonds is 7. The summed E-state index contributed by atoms with van der Waals surface area (Å²) in [5.41, 5.74) is -0.429. The minimum absolute atomic E-state index is 0.0700. The summed E-state index contributed by atoms with van der Waals surface area (Å²) in [6.07, 6.45) is 0.418. The van der Waals surface area contributed by atoms with E-state index in [-0.39, 0.29) is 35.2 Å². The number of para-hydroxylation sites is 1. The molecule has 0 heterocycles. The molecule has 1 N–H and O–H groups in total. The SMILES string of the molecule is O=C(NCCCOc1ccccc1F)c1ccc(Cl)cc1[N+](=O)[O-]. The van der Waals surface area contributed by atoms with Crippen LogP contribution in [-0.2, 0) is 0 Å². The van der Waals surface area contributed by atoms with E-state index in [1.165, 1.54) is 24.3 Å². The quantitative estimate of drug-likeness (QED) is 0.469. The Morgan fingerprint density at radius 2 is 2.04 bits per heavy atom. The molecule has 24 heavy (non-hydrogen) atoms. The standard InChI is InChI=1S/C16H14ClFN2O4/c17-11-6-7-12(14(10-11)20(22)23)16(21)19-8-3-9-24-15-5-2-1-4-13(15)18/h1-2,4-7,10H,3,8-9H2,(H,19,21). The molecule has 2 aromatic rings. The van der Waals surface area contributed by atoms with Gasteiger partial charge in [0.2, 0.25) is 0 Å². The molecule has 0 aromatic heterocycles. The highest BCUT2D eigenvalue weighted by molar-refractivity contribution is 6.31. The number of ether oxygens (including phenoxy) is 1. The predicted octanol–water partition coefficient (Wildman–Crippen LogP) is 3.59. The molecule has 2 aromatic carbocycles. The first-order chi connectivity index (χ1) is 11.5. The summed E-state index contributed by atoms with van der Waals surface area (Å²) in [6, 6.07) is 9.83. The van der Waals surface area contributed by atoms with Crippen LogP contribution >= 0.6 is 11.6 Å². The van der Waals surface area contributed by atoms with Crippen LogP contribution in [0.2, 0.25) is 5.02 Å². The number of nitrogens with zero attached hydrogens (tertiary/aromatic N) is 1. The molecule has 0 radical (unpaired) electrons. The van der Waals surface area contributed by atoms with E-state index in [4.69, 9.17) is 16.3 Å². The smallest absolute Gasteiger partial charge is 0.283 e. The van der Waals surface area contributed by atoms with Crippen LogP contribution in [0.15, 0.2) is 42.5 Å². The Labute approximate surface area is 142 Å². The summed E-state index contributed by atoms with van der Waals surface area (Å²) in [6.45, 7) is 0.428. The first-order valence-electron chi connectivity index (χ1n) is 7.08. The Morgan fingerprint density at radius 3 is 2.75 bits per heavy atom. The molecule has 0 aliphatic carbocycles. The molecule has 0 saturated heterocycles. The maximum Gasteiger partial charge on any atom is 0.283 e. The Hall–Kier alpha value is -2.67. The van der Waals surface area contributed by atoms with Gasteiger partial charge in [0, 0.05) is 17.6 Å². The first-order valence-corrected chi connectivity index (χ1v) is 7.46. The van der Waals surface area contributed by atoms with Crippen molar-refractivity contribution in [1.29, 1.82) is 0 Å². The molecular weight excluding hydrogens is 339 g/mol. The van der Waals surface area contributed by atoms with E-state index in [2.05, 4.69) is 5.32 Å². The van der Waals surface area contributed by atoms with Crippen LogP contribution in [0.25, 0.3) is 0 Å². The van der Waals surface area contributed by atoms with Crippen LogP contribution < -0.4 is 10.1 Å². The lowest BCUT2D eigenvalue weighted by atomic mass is 10.1. The van der Waals surface area contributed by atoms with E-state index < -0.39 is 16.6 Å². The molecule has 2 rings (SSSR count). The Kier molecular flexibility index (Phi) is 6.08. The highest BCUT2D eigenvalue weighted by Gasteiger charge is 2.20. The van der Waals surface area contributed by atoms with Crippen molar-refractivity contribution in [2.45, 2.75) is 6.42 Å². The van der Waals surface area contributed by atoms with Gasteiger partial charge in [-0.05, 0) is 30.7 Å². The van der Waals surface area contributed by atoms with Crippen LogP contribution in [0.3, 0.4) is 0 Å². The topological polar surface area (TPSA) is 81.5 Å². The molecule has 0 spiro atoms. The average molecular weight is 353 g/mol. The van der Waals surface area contributed by atoms with Crippen molar-refractivity contribution in [2.24, 2.45) is 0 Å². The van der Waals surface area contributed by atoms with Gasteiger partial charge < -0.3 is 10.1 Å². The minimum atomic E-state index is -0.665. The van der Waals surface area contributed by atoms with Gasteiger partial charge in [-0.15, -0.1) is 0 Å². The number of nitrogens with one attached hydrogen (secondary N) is 1. The van der Waals surface area contributed by atoms with E-state index in [0.29, 0.717) is 6.42 Å². The molecule has 0 fully saturated rings. The lowest BCUT2D eigenvalue weighted by molar-refractivity contribution is -0.385. The fourth-order valence-electron chi connectivity index (χ4n) is 1.96. The number of benzene rings is 2. The molecule has 0 bridgehead atoms. The zero-order valence-electron chi connectivity index (χ0n) is 12.5. The molecule has 0 saturated carbocycles. The Bertz CT molecular complexity index is 755. The Balaban J connectivity index is 1.84.